The summed E-state index contributed by atoms with van der Waals surface area (Å²) >= 11 is 4.36. The summed E-state index contributed by atoms with van der Waals surface area (Å²) < 4.78 is 4.98. The second kappa shape index (κ2) is 6.27. The number of benzene rings is 1. The third kappa shape index (κ3) is 3.20. The minimum atomic E-state index is 0.105. The van der Waals surface area contributed by atoms with Crippen LogP contribution in [0.4, 0.5) is 0 Å². The molecule has 0 aliphatic rings. The molecule has 1 aromatic carbocycles. The van der Waals surface area contributed by atoms with Gasteiger partial charge in [0.15, 0.2) is 10.2 Å². The molecule has 0 aliphatic heterocycles. The largest absolute Gasteiger partial charge is 0.409 e. The van der Waals surface area contributed by atoms with Crippen LogP contribution in [0, 0.1) is 6.92 Å². The monoisotopic (exact) mass is 312 g/mol. The van der Waals surface area contributed by atoms with E-state index in [0.29, 0.717) is 0 Å². The minimum absolute atomic E-state index is 0.105. The Bertz CT molecular complexity index is 612. The maximum Gasteiger partial charge on any atom is 0.174 e. The lowest BCUT2D eigenvalue weighted by Gasteiger charge is -2.10. The first-order chi connectivity index (χ1) is 9.15. The number of aromatic nitrogens is 2. The third-order valence-electron chi connectivity index (χ3n) is 2.28. The van der Waals surface area contributed by atoms with Gasteiger partial charge >= 0.3 is 0 Å². The number of rotatable bonds is 4. The lowest BCUT2D eigenvalue weighted by Crippen LogP contribution is -2.15. The second-order valence-electron chi connectivity index (χ2n) is 3.53. The van der Waals surface area contributed by atoms with Crippen LogP contribution in [0.1, 0.15) is 11.4 Å². The summed E-state index contributed by atoms with van der Waals surface area (Å²) in [5.74, 6) is 0.854. The Morgan fingerprint density at radius 3 is 2.74 bits per heavy atom. The summed E-state index contributed by atoms with van der Waals surface area (Å²) in [5.41, 5.74) is 6.50. The fraction of sp³-hybridized carbons (Fsp3) is 0.182. The molecule has 3 N–H and O–H groups in total. The first-order valence-corrected chi connectivity index (χ1v) is 8.10. The van der Waals surface area contributed by atoms with E-state index in [2.05, 4.69) is 14.5 Å². The molecular formula is C11H12N4OS3. The maximum atomic E-state index is 8.92. The summed E-state index contributed by atoms with van der Waals surface area (Å²) in [4.78, 5) is 6.17. The average molecular weight is 312 g/mol. The standard InChI is InChI=1S/C11H12N4OS3/c1-6-13-11(19-15-6)18-8-5-3-4-7(17-2)9(8)10(12)14-16/h3-5,16H,1-2H3,(H2,12,14). The van der Waals surface area contributed by atoms with Gasteiger partial charge in [-0.3, -0.25) is 0 Å². The van der Waals surface area contributed by atoms with Crippen LogP contribution in [0.25, 0.3) is 0 Å². The lowest BCUT2D eigenvalue weighted by atomic mass is 10.2. The van der Waals surface area contributed by atoms with E-state index in [1.807, 2.05) is 31.4 Å². The molecule has 100 valence electrons. The molecule has 5 nitrogen and oxygen atoms in total. The van der Waals surface area contributed by atoms with Crippen molar-refractivity contribution in [1.29, 1.82) is 0 Å². The zero-order valence-electron chi connectivity index (χ0n) is 10.3. The van der Waals surface area contributed by atoms with Gasteiger partial charge in [-0.25, -0.2) is 4.98 Å². The topological polar surface area (TPSA) is 84.4 Å². The van der Waals surface area contributed by atoms with E-state index < -0.39 is 0 Å². The lowest BCUT2D eigenvalue weighted by molar-refractivity contribution is 0.318. The molecule has 1 heterocycles. The van der Waals surface area contributed by atoms with Gasteiger partial charge in [-0.15, -0.1) is 11.8 Å². The highest BCUT2D eigenvalue weighted by Crippen LogP contribution is 2.35. The number of hydrogen-bond donors (Lipinski definition) is 2. The molecule has 19 heavy (non-hydrogen) atoms. The summed E-state index contributed by atoms with van der Waals surface area (Å²) in [6, 6.07) is 5.80. The number of hydrogen-bond acceptors (Lipinski definition) is 7. The van der Waals surface area contributed by atoms with Gasteiger partial charge in [-0.1, -0.05) is 23.0 Å². The summed E-state index contributed by atoms with van der Waals surface area (Å²) in [6.07, 6.45) is 1.95. The summed E-state index contributed by atoms with van der Waals surface area (Å²) in [5, 5.41) is 12.0. The molecule has 0 aliphatic carbocycles. The van der Waals surface area contributed by atoms with E-state index in [1.54, 1.807) is 11.8 Å². The maximum absolute atomic E-state index is 8.92. The van der Waals surface area contributed by atoms with Crippen molar-refractivity contribution in [3.05, 3.63) is 29.6 Å². The normalized spacial score (nSPS) is 11.8. The van der Waals surface area contributed by atoms with E-state index in [-0.39, 0.29) is 5.84 Å². The number of nitrogens with two attached hydrogens (primary N) is 1. The molecule has 0 saturated heterocycles. The van der Waals surface area contributed by atoms with Crippen LogP contribution in [0.15, 0.2) is 37.5 Å². The van der Waals surface area contributed by atoms with Gasteiger partial charge in [-0.05, 0) is 36.8 Å². The molecule has 0 unspecified atom stereocenters. The smallest absolute Gasteiger partial charge is 0.174 e. The number of nitrogens with zero attached hydrogens (tertiary/aromatic N) is 3. The number of oxime groups is 1. The number of thioether (sulfide) groups is 1. The molecule has 2 aromatic rings. The molecule has 0 saturated carbocycles. The summed E-state index contributed by atoms with van der Waals surface area (Å²) in [7, 11) is 0. The predicted molar refractivity (Wildman–Crippen MR) is 79.5 cm³/mol. The Morgan fingerprint density at radius 1 is 1.42 bits per heavy atom. The highest BCUT2D eigenvalue weighted by molar-refractivity contribution is 8.01. The number of aryl methyl sites for hydroxylation is 1. The second-order valence-corrected chi connectivity index (χ2v) is 6.42. The van der Waals surface area contributed by atoms with Crippen molar-refractivity contribution in [2.24, 2.45) is 10.9 Å². The SMILES string of the molecule is CSc1cccc(Sc2nc(C)ns2)c1/C(N)=N/O. The van der Waals surface area contributed by atoms with Crippen LogP contribution in [-0.4, -0.2) is 26.7 Å². The van der Waals surface area contributed by atoms with Crippen LogP contribution in [0.2, 0.25) is 0 Å². The van der Waals surface area contributed by atoms with Crippen LogP contribution < -0.4 is 5.73 Å². The molecule has 0 amide bonds. The molecule has 8 heteroatoms. The quantitative estimate of drug-likeness (QED) is 0.297. The molecule has 0 radical (unpaired) electrons. The Labute approximate surface area is 123 Å². The van der Waals surface area contributed by atoms with Gasteiger partial charge in [0, 0.05) is 15.4 Å². The molecule has 0 fully saturated rings. The first-order valence-electron chi connectivity index (χ1n) is 5.28. The fourth-order valence-electron chi connectivity index (χ4n) is 1.48. The van der Waals surface area contributed by atoms with Gasteiger partial charge < -0.3 is 10.9 Å². The van der Waals surface area contributed by atoms with Gasteiger partial charge in [0.2, 0.25) is 0 Å². The Kier molecular flexibility index (Phi) is 4.67. The van der Waals surface area contributed by atoms with Crippen molar-refractivity contribution >= 4 is 40.9 Å². The highest BCUT2D eigenvalue weighted by atomic mass is 32.2. The number of amidine groups is 1. The van der Waals surface area contributed by atoms with Gasteiger partial charge in [0.25, 0.3) is 0 Å². The van der Waals surface area contributed by atoms with Crippen LogP contribution in [0.3, 0.4) is 0 Å². The van der Waals surface area contributed by atoms with Crippen molar-refractivity contribution < 1.29 is 5.21 Å². The van der Waals surface area contributed by atoms with Gasteiger partial charge in [-0.2, -0.15) is 4.37 Å². The van der Waals surface area contributed by atoms with Crippen molar-refractivity contribution in [3.8, 4) is 0 Å². The van der Waals surface area contributed by atoms with Crippen LogP contribution in [-0.2, 0) is 0 Å². The fourth-order valence-corrected chi connectivity index (χ4v) is 3.96. The Balaban J connectivity index is 2.44. The molecule has 2 rings (SSSR count). The van der Waals surface area contributed by atoms with Crippen LogP contribution in [0.5, 0.6) is 0 Å². The van der Waals surface area contributed by atoms with E-state index in [4.69, 9.17) is 10.9 Å². The van der Waals surface area contributed by atoms with Gasteiger partial charge in [0.1, 0.15) is 5.82 Å². The zero-order chi connectivity index (χ0) is 13.8. The Morgan fingerprint density at radius 2 is 2.16 bits per heavy atom. The van der Waals surface area contributed by atoms with Crippen LogP contribution >= 0.6 is 35.1 Å². The molecule has 0 spiro atoms. The summed E-state index contributed by atoms with van der Waals surface area (Å²) in [6.45, 7) is 1.85. The van der Waals surface area contributed by atoms with E-state index in [1.165, 1.54) is 23.3 Å². The molecule has 0 bridgehead atoms. The average Bonchev–Trinajstić information content (AvgIpc) is 2.83. The van der Waals surface area contributed by atoms with E-state index >= 15 is 0 Å². The van der Waals surface area contributed by atoms with E-state index in [0.717, 1.165) is 25.5 Å². The first kappa shape index (κ1) is 14.2. The minimum Gasteiger partial charge on any atom is -0.409 e. The molecular weight excluding hydrogens is 300 g/mol. The Hall–Kier alpha value is -1.25. The molecule has 0 atom stereocenters. The van der Waals surface area contributed by atoms with Crippen molar-refractivity contribution in [2.75, 3.05) is 6.26 Å². The van der Waals surface area contributed by atoms with Crippen molar-refractivity contribution in [2.45, 2.75) is 21.1 Å². The van der Waals surface area contributed by atoms with Crippen molar-refractivity contribution in [3.63, 3.8) is 0 Å². The van der Waals surface area contributed by atoms with Crippen molar-refractivity contribution in [1.82, 2.24) is 9.36 Å². The highest BCUT2D eigenvalue weighted by Gasteiger charge is 2.15. The van der Waals surface area contributed by atoms with E-state index in [9.17, 15) is 0 Å². The predicted octanol–water partition coefficient (Wildman–Crippen LogP) is 2.81. The zero-order valence-corrected chi connectivity index (χ0v) is 12.8. The third-order valence-corrected chi connectivity index (χ3v) is 4.96. The molecule has 1 aromatic heterocycles. The van der Waals surface area contributed by atoms with Gasteiger partial charge in [0.05, 0.1) is 0 Å².